The molecule has 0 fully saturated rings. The van der Waals surface area contributed by atoms with Crippen molar-refractivity contribution in [3.05, 3.63) is 84.7 Å². The third kappa shape index (κ3) is 2.86. The number of pyridine rings is 3. The minimum Gasteiger partial charge on any atom is -0.383 e. The minimum absolute atomic E-state index is 0.0835. The van der Waals surface area contributed by atoms with Crippen LogP contribution in [0.3, 0.4) is 0 Å². The van der Waals surface area contributed by atoms with Gasteiger partial charge in [-0.3, -0.25) is 0 Å². The van der Waals surface area contributed by atoms with Gasteiger partial charge in [-0.2, -0.15) is 0 Å². The second kappa shape index (κ2) is 6.60. The Balaban J connectivity index is 1.87. The fraction of sp³-hybridized carbons (Fsp3) is 0. The maximum absolute atomic E-state index is 14.4. The van der Waals surface area contributed by atoms with Crippen LogP contribution >= 0.6 is 0 Å². The van der Waals surface area contributed by atoms with Gasteiger partial charge in [-0.25, -0.2) is 23.7 Å². The lowest BCUT2D eigenvalue weighted by molar-refractivity contribution is 0.602. The molecule has 0 spiro atoms. The van der Waals surface area contributed by atoms with E-state index in [-0.39, 0.29) is 5.56 Å². The number of aromatic nitrogens is 3. The van der Waals surface area contributed by atoms with Crippen LogP contribution in [0.15, 0.2) is 73.1 Å². The summed E-state index contributed by atoms with van der Waals surface area (Å²) in [5.41, 5.74) is 8.57. The Morgan fingerprint density at radius 2 is 1.55 bits per heavy atom. The molecule has 0 saturated heterocycles. The summed E-state index contributed by atoms with van der Waals surface area (Å²) in [4.78, 5) is 13.0. The molecular formula is C23H14F2N4. The van der Waals surface area contributed by atoms with Gasteiger partial charge in [0.25, 0.3) is 0 Å². The lowest BCUT2D eigenvalue weighted by Gasteiger charge is -2.13. The van der Waals surface area contributed by atoms with Crippen LogP contribution in [0.25, 0.3) is 44.2 Å². The highest BCUT2D eigenvalue weighted by molar-refractivity contribution is 6.07. The molecule has 140 valence electrons. The molecule has 0 aliphatic carbocycles. The Labute approximate surface area is 164 Å². The maximum Gasteiger partial charge on any atom is 0.160 e. The number of rotatable bonds is 2. The van der Waals surface area contributed by atoms with E-state index in [1.807, 2.05) is 36.4 Å². The van der Waals surface area contributed by atoms with Crippen LogP contribution in [0, 0.1) is 11.6 Å². The van der Waals surface area contributed by atoms with Gasteiger partial charge < -0.3 is 5.73 Å². The predicted molar refractivity (Wildman–Crippen MR) is 110 cm³/mol. The van der Waals surface area contributed by atoms with Gasteiger partial charge in [0, 0.05) is 28.7 Å². The Kier molecular flexibility index (Phi) is 3.91. The van der Waals surface area contributed by atoms with Crippen molar-refractivity contribution >= 4 is 27.6 Å². The van der Waals surface area contributed by atoms with Crippen LogP contribution in [-0.2, 0) is 0 Å². The molecule has 5 aromatic rings. The zero-order valence-electron chi connectivity index (χ0n) is 15.1. The fourth-order valence-electron chi connectivity index (χ4n) is 3.58. The second-order valence-corrected chi connectivity index (χ2v) is 6.65. The highest BCUT2D eigenvalue weighted by atomic mass is 19.1. The van der Waals surface area contributed by atoms with E-state index in [2.05, 4.69) is 15.0 Å². The van der Waals surface area contributed by atoms with Crippen LogP contribution in [0.1, 0.15) is 0 Å². The SMILES string of the molecule is Nc1nccc2c(-c3cc(-c4cc(F)ccc4F)nc4ncccc34)cccc12. The van der Waals surface area contributed by atoms with Gasteiger partial charge in [-0.05, 0) is 59.0 Å². The van der Waals surface area contributed by atoms with E-state index in [1.165, 1.54) is 0 Å². The van der Waals surface area contributed by atoms with Crippen molar-refractivity contribution in [3.8, 4) is 22.4 Å². The summed E-state index contributed by atoms with van der Waals surface area (Å²) in [6, 6.07) is 16.4. The average molecular weight is 384 g/mol. The number of benzene rings is 2. The smallest absolute Gasteiger partial charge is 0.160 e. The molecule has 0 aliphatic rings. The second-order valence-electron chi connectivity index (χ2n) is 6.65. The standard InChI is InChI=1S/C23H14F2N4/c24-13-6-7-20(25)19(11-13)21-12-18(17-5-2-9-28-23(17)29-21)14-3-1-4-16-15(14)8-10-27-22(16)26/h1-12H,(H2,26,27). The van der Waals surface area contributed by atoms with Gasteiger partial charge in [-0.15, -0.1) is 0 Å². The van der Waals surface area contributed by atoms with E-state index < -0.39 is 11.6 Å². The molecular weight excluding hydrogens is 370 g/mol. The summed E-state index contributed by atoms with van der Waals surface area (Å²) in [6.07, 6.45) is 3.27. The van der Waals surface area contributed by atoms with Crippen LogP contribution < -0.4 is 5.73 Å². The molecule has 3 heterocycles. The largest absolute Gasteiger partial charge is 0.383 e. The van der Waals surface area contributed by atoms with Crippen LogP contribution in [0.4, 0.5) is 14.6 Å². The first-order chi connectivity index (χ1) is 14.1. The molecule has 0 aliphatic heterocycles. The van der Waals surface area contributed by atoms with Crippen LogP contribution in [-0.4, -0.2) is 15.0 Å². The van der Waals surface area contributed by atoms with Crippen LogP contribution in [0.2, 0.25) is 0 Å². The first-order valence-electron chi connectivity index (χ1n) is 8.96. The first kappa shape index (κ1) is 17.2. The number of nitrogen functional groups attached to an aromatic ring is 1. The molecule has 29 heavy (non-hydrogen) atoms. The summed E-state index contributed by atoms with van der Waals surface area (Å²) >= 11 is 0. The molecule has 0 radical (unpaired) electrons. The number of anilines is 1. The van der Waals surface area contributed by atoms with E-state index in [1.54, 1.807) is 18.5 Å². The molecule has 6 heteroatoms. The Morgan fingerprint density at radius 1 is 0.690 bits per heavy atom. The summed E-state index contributed by atoms with van der Waals surface area (Å²) in [5.74, 6) is -0.654. The van der Waals surface area contributed by atoms with Crippen molar-refractivity contribution < 1.29 is 8.78 Å². The maximum atomic E-state index is 14.4. The summed E-state index contributed by atoms with van der Waals surface area (Å²) in [7, 11) is 0. The van der Waals surface area contributed by atoms with Crippen molar-refractivity contribution in [1.29, 1.82) is 0 Å². The monoisotopic (exact) mass is 384 g/mol. The molecule has 4 nitrogen and oxygen atoms in total. The van der Waals surface area contributed by atoms with Crippen LogP contribution in [0.5, 0.6) is 0 Å². The van der Waals surface area contributed by atoms with Gasteiger partial charge in [0.1, 0.15) is 17.5 Å². The van der Waals surface area contributed by atoms with Gasteiger partial charge in [-0.1, -0.05) is 18.2 Å². The van der Waals surface area contributed by atoms with Gasteiger partial charge in [0.15, 0.2) is 5.65 Å². The number of nitrogens with zero attached hydrogens (tertiary/aromatic N) is 3. The highest BCUT2D eigenvalue weighted by Gasteiger charge is 2.15. The van der Waals surface area contributed by atoms with Gasteiger partial charge in [0.2, 0.25) is 0 Å². The zero-order valence-corrected chi connectivity index (χ0v) is 15.1. The molecule has 0 saturated carbocycles. The van der Waals surface area contributed by atoms with Crippen molar-refractivity contribution in [2.45, 2.75) is 0 Å². The first-order valence-corrected chi connectivity index (χ1v) is 8.96. The number of hydrogen-bond acceptors (Lipinski definition) is 4. The van der Waals surface area contributed by atoms with E-state index in [0.29, 0.717) is 17.2 Å². The third-order valence-corrected chi connectivity index (χ3v) is 4.92. The number of nitrogens with two attached hydrogens (primary N) is 1. The summed E-state index contributed by atoms with van der Waals surface area (Å²) < 4.78 is 28.2. The van der Waals surface area contributed by atoms with Crippen molar-refractivity contribution in [2.24, 2.45) is 0 Å². The molecule has 5 rings (SSSR count). The normalized spacial score (nSPS) is 11.2. The lowest BCUT2D eigenvalue weighted by atomic mass is 9.95. The highest BCUT2D eigenvalue weighted by Crippen LogP contribution is 2.36. The van der Waals surface area contributed by atoms with Gasteiger partial charge in [0.05, 0.1) is 5.69 Å². The van der Waals surface area contributed by atoms with Crippen molar-refractivity contribution in [2.75, 3.05) is 5.73 Å². The Morgan fingerprint density at radius 3 is 2.45 bits per heavy atom. The van der Waals surface area contributed by atoms with E-state index in [4.69, 9.17) is 5.73 Å². The lowest BCUT2D eigenvalue weighted by Crippen LogP contribution is -1.96. The molecule has 3 aromatic heterocycles. The van der Waals surface area contributed by atoms with E-state index >= 15 is 0 Å². The number of hydrogen-bond donors (Lipinski definition) is 1. The minimum atomic E-state index is -0.550. The predicted octanol–water partition coefficient (Wildman–Crippen LogP) is 5.37. The molecule has 0 amide bonds. The quantitative estimate of drug-likeness (QED) is 0.444. The summed E-state index contributed by atoms with van der Waals surface area (Å²) in [5, 5.41) is 2.52. The third-order valence-electron chi connectivity index (χ3n) is 4.92. The van der Waals surface area contributed by atoms with Crippen molar-refractivity contribution in [1.82, 2.24) is 15.0 Å². The molecule has 0 bridgehead atoms. The van der Waals surface area contributed by atoms with Gasteiger partial charge >= 0.3 is 0 Å². The molecule has 2 aromatic carbocycles. The Hall–Kier alpha value is -3.93. The topological polar surface area (TPSA) is 64.7 Å². The Bertz CT molecular complexity index is 1400. The average Bonchev–Trinajstić information content (AvgIpc) is 2.75. The number of halogens is 2. The molecule has 2 N–H and O–H groups in total. The van der Waals surface area contributed by atoms with E-state index in [0.717, 1.165) is 45.5 Å². The zero-order chi connectivity index (χ0) is 20.0. The summed E-state index contributed by atoms with van der Waals surface area (Å²) in [6.45, 7) is 0. The fourth-order valence-corrected chi connectivity index (χ4v) is 3.58. The van der Waals surface area contributed by atoms with E-state index in [9.17, 15) is 8.78 Å². The van der Waals surface area contributed by atoms with Crippen molar-refractivity contribution in [3.63, 3.8) is 0 Å². The molecule has 0 unspecified atom stereocenters. The molecule has 0 atom stereocenters. The number of fused-ring (bicyclic) bond motifs is 2.